The molecule has 0 unspecified atom stereocenters. The highest BCUT2D eigenvalue weighted by Crippen LogP contribution is 2.13. The molecule has 0 fully saturated rings. The molecule has 1 heterocycles. The van der Waals surface area contributed by atoms with Gasteiger partial charge in [-0.15, -0.1) is 0 Å². The fraction of sp³-hybridized carbons (Fsp3) is 0.0833. The summed E-state index contributed by atoms with van der Waals surface area (Å²) in [5, 5.41) is 0. The molecule has 0 radical (unpaired) electrons. The SMILES string of the molecule is O=C1CC=C(/C=C/c2ccccc2)O1. The first-order valence-electron chi connectivity index (χ1n) is 4.48. The number of hydrogen-bond donors (Lipinski definition) is 0. The lowest BCUT2D eigenvalue weighted by Crippen LogP contribution is -1.91. The summed E-state index contributed by atoms with van der Waals surface area (Å²) in [4.78, 5) is 10.8. The quantitative estimate of drug-likeness (QED) is 0.663. The van der Waals surface area contributed by atoms with Gasteiger partial charge in [0, 0.05) is 0 Å². The van der Waals surface area contributed by atoms with E-state index in [9.17, 15) is 4.79 Å². The van der Waals surface area contributed by atoms with Crippen LogP contribution in [-0.2, 0) is 9.53 Å². The van der Waals surface area contributed by atoms with Crippen molar-refractivity contribution in [1.82, 2.24) is 0 Å². The Bertz CT molecular complexity index is 388. The zero-order valence-corrected chi connectivity index (χ0v) is 7.64. The summed E-state index contributed by atoms with van der Waals surface area (Å²) >= 11 is 0. The minimum atomic E-state index is -0.183. The largest absolute Gasteiger partial charge is 0.427 e. The smallest absolute Gasteiger partial charge is 0.315 e. The van der Waals surface area contributed by atoms with E-state index in [0.717, 1.165) is 5.56 Å². The fourth-order valence-corrected chi connectivity index (χ4v) is 1.24. The minimum absolute atomic E-state index is 0.183. The third-order valence-corrected chi connectivity index (χ3v) is 1.94. The highest BCUT2D eigenvalue weighted by Gasteiger charge is 2.10. The van der Waals surface area contributed by atoms with E-state index in [1.807, 2.05) is 36.4 Å². The Kier molecular flexibility index (Phi) is 2.45. The molecule has 0 atom stereocenters. The third-order valence-electron chi connectivity index (χ3n) is 1.94. The van der Waals surface area contributed by atoms with Crippen LogP contribution >= 0.6 is 0 Å². The van der Waals surface area contributed by atoms with Crippen molar-refractivity contribution in [2.45, 2.75) is 6.42 Å². The summed E-state index contributed by atoms with van der Waals surface area (Å²) < 4.78 is 4.92. The molecule has 0 amide bonds. The number of rotatable bonds is 2. The van der Waals surface area contributed by atoms with Crippen LogP contribution in [0.1, 0.15) is 12.0 Å². The fourth-order valence-electron chi connectivity index (χ4n) is 1.24. The van der Waals surface area contributed by atoms with Crippen molar-refractivity contribution in [3.8, 4) is 0 Å². The van der Waals surface area contributed by atoms with E-state index in [1.54, 1.807) is 12.2 Å². The molecule has 0 bridgehead atoms. The third kappa shape index (κ3) is 2.10. The van der Waals surface area contributed by atoms with E-state index in [-0.39, 0.29) is 5.97 Å². The van der Waals surface area contributed by atoms with Gasteiger partial charge in [-0.05, 0) is 17.7 Å². The summed E-state index contributed by atoms with van der Waals surface area (Å²) in [7, 11) is 0. The average Bonchev–Trinajstić information content (AvgIpc) is 2.63. The zero-order chi connectivity index (χ0) is 9.80. The predicted octanol–water partition coefficient (Wildman–Crippen LogP) is 2.53. The minimum Gasteiger partial charge on any atom is -0.427 e. The van der Waals surface area contributed by atoms with Gasteiger partial charge in [-0.25, -0.2) is 0 Å². The lowest BCUT2D eigenvalue weighted by Gasteiger charge is -1.94. The van der Waals surface area contributed by atoms with Crippen LogP contribution in [0.3, 0.4) is 0 Å². The van der Waals surface area contributed by atoms with E-state index >= 15 is 0 Å². The maximum Gasteiger partial charge on any atom is 0.315 e. The molecule has 1 aromatic carbocycles. The van der Waals surface area contributed by atoms with Gasteiger partial charge in [-0.3, -0.25) is 4.79 Å². The number of carbonyl (C=O) groups is 1. The van der Waals surface area contributed by atoms with Crippen molar-refractivity contribution in [3.05, 3.63) is 53.8 Å². The molecular formula is C12H10O2. The normalized spacial score (nSPS) is 15.7. The van der Waals surface area contributed by atoms with Gasteiger partial charge in [0.1, 0.15) is 5.76 Å². The molecule has 0 aliphatic carbocycles. The molecule has 0 spiro atoms. The van der Waals surface area contributed by atoms with Gasteiger partial charge in [0.05, 0.1) is 6.42 Å². The van der Waals surface area contributed by atoms with Crippen LogP contribution in [0.4, 0.5) is 0 Å². The van der Waals surface area contributed by atoms with Crippen LogP contribution < -0.4 is 0 Å². The van der Waals surface area contributed by atoms with E-state index < -0.39 is 0 Å². The van der Waals surface area contributed by atoms with E-state index in [2.05, 4.69) is 0 Å². The number of benzene rings is 1. The van der Waals surface area contributed by atoms with E-state index in [0.29, 0.717) is 12.2 Å². The number of hydrogen-bond acceptors (Lipinski definition) is 2. The van der Waals surface area contributed by atoms with Crippen LogP contribution in [0.25, 0.3) is 6.08 Å². The Hall–Kier alpha value is -1.83. The first-order chi connectivity index (χ1) is 6.84. The Labute approximate surface area is 82.5 Å². The monoisotopic (exact) mass is 186 g/mol. The summed E-state index contributed by atoms with van der Waals surface area (Å²) in [5.74, 6) is 0.455. The molecule has 1 aromatic rings. The standard InChI is InChI=1S/C12H10O2/c13-12-9-8-11(14-12)7-6-10-4-2-1-3-5-10/h1-8H,9H2/b7-6+. The molecule has 0 aromatic heterocycles. The second-order valence-corrected chi connectivity index (χ2v) is 3.03. The zero-order valence-electron chi connectivity index (χ0n) is 7.64. The summed E-state index contributed by atoms with van der Waals surface area (Å²) in [6, 6.07) is 9.89. The van der Waals surface area contributed by atoms with Crippen LogP contribution in [0.2, 0.25) is 0 Å². The molecule has 2 rings (SSSR count). The Morgan fingerprint density at radius 3 is 2.57 bits per heavy atom. The van der Waals surface area contributed by atoms with E-state index in [1.165, 1.54) is 0 Å². The molecule has 1 aliphatic rings. The Balaban J connectivity index is 2.05. The number of ether oxygens (including phenoxy) is 1. The number of carbonyl (C=O) groups excluding carboxylic acids is 1. The van der Waals surface area contributed by atoms with Gasteiger partial charge < -0.3 is 4.74 Å². The maximum absolute atomic E-state index is 10.8. The second kappa shape index (κ2) is 3.92. The molecule has 0 saturated carbocycles. The van der Waals surface area contributed by atoms with Gasteiger partial charge in [0.15, 0.2) is 0 Å². The van der Waals surface area contributed by atoms with Crippen molar-refractivity contribution >= 4 is 12.0 Å². The Morgan fingerprint density at radius 2 is 1.93 bits per heavy atom. The van der Waals surface area contributed by atoms with Crippen molar-refractivity contribution in [2.24, 2.45) is 0 Å². The van der Waals surface area contributed by atoms with Crippen LogP contribution in [0.15, 0.2) is 48.2 Å². The number of allylic oxidation sites excluding steroid dienone is 1. The van der Waals surface area contributed by atoms with Gasteiger partial charge in [0.2, 0.25) is 0 Å². The van der Waals surface area contributed by atoms with Crippen LogP contribution in [0.5, 0.6) is 0 Å². The van der Waals surface area contributed by atoms with Gasteiger partial charge in [-0.2, -0.15) is 0 Å². The summed E-state index contributed by atoms with van der Waals surface area (Å²) in [6.45, 7) is 0. The second-order valence-electron chi connectivity index (χ2n) is 3.03. The number of esters is 1. The molecule has 14 heavy (non-hydrogen) atoms. The predicted molar refractivity (Wildman–Crippen MR) is 54.3 cm³/mol. The highest BCUT2D eigenvalue weighted by atomic mass is 16.5. The molecular weight excluding hydrogens is 176 g/mol. The van der Waals surface area contributed by atoms with Crippen LogP contribution in [-0.4, -0.2) is 5.97 Å². The average molecular weight is 186 g/mol. The first-order valence-corrected chi connectivity index (χ1v) is 4.48. The Morgan fingerprint density at radius 1 is 1.14 bits per heavy atom. The lowest BCUT2D eigenvalue weighted by molar-refractivity contribution is -0.136. The molecule has 0 N–H and O–H groups in total. The van der Waals surface area contributed by atoms with Crippen molar-refractivity contribution < 1.29 is 9.53 Å². The maximum atomic E-state index is 10.8. The van der Waals surface area contributed by atoms with Gasteiger partial charge >= 0.3 is 5.97 Å². The molecule has 2 heteroatoms. The molecule has 2 nitrogen and oxygen atoms in total. The van der Waals surface area contributed by atoms with Gasteiger partial charge in [-0.1, -0.05) is 36.4 Å². The van der Waals surface area contributed by atoms with Crippen molar-refractivity contribution in [2.75, 3.05) is 0 Å². The number of cyclic esters (lactones) is 1. The molecule has 1 aliphatic heterocycles. The van der Waals surface area contributed by atoms with E-state index in [4.69, 9.17) is 4.74 Å². The highest BCUT2D eigenvalue weighted by molar-refractivity contribution is 5.76. The lowest BCUT2D eigenvalue weighted by atomic mass is 10.2. The van der Waals surface area contributed by atoms with Gasteiger partial charge in [0.25, 0.3) is 0 Å². The molecule has 70 valence electrons. The van der Waals surface area contributed by atoms with Crippen LogP contribution in [0, 0.1) is 0 Å². The summed E-state index contributed by atoms with van der Waals surface area (Å²) in [5.41, 5.74) is 1.09. The van der Waals surface area contributed by atoms with Crippen molar-refractivity contribution in [1.29, 1.82) is 0 Å². The first kappa shape index (κ1) is 8.75. The topological polar surface area (TPSA) is 26.3 Å². The summed E-state index contributed by atoms with van der Waals surface area (Å²) in [6.07, 6.45) is 5.89. The molecule has 0 saturated heterocycles. The van der Waals surface area contributed by atoms with Crippen molar-refractivity contribution in [3.63, 3.8) is 0 Å².